The summed E-state index contributed by atoms with van der Waals surface area (Å²) < 4.78 is 6.11. The molecular weight excluding hydrogens is 222 g/mol. The van der Waals surface area contributed by atoms with Crippen molar-refractivity contribution in [1.29, 1.82) is 0 Å². The molecule has 1 aromatic carbocycles. The van der Waals surface area contributed by atoms with Crippen molar-refractivity contribution in [2.45, 2.75) is 38.5 Å². The van der Waals surface area contributed by atoms with Crippen LogP contribution >= 0.6 is 11.6 Å². The number of benzene rings is 1. The van der Waals surface area contributed by atoms with Crippen LogP contribution in [-0.4, -0.2) is 18.2 Å². The van der Waals surface area contributed by atoms with Crippen molar-refractivity contribution in [1.82, 2.24) is 5.32 Å². The molecular formula is C13H18ClNO. The van der Waals surface area contributed by atoms with Crippen LogP contribution in [0.25, 0.3) is 0 Å². The molecule has 2 nitrogen and oxygen atoms in total. The van der Waals surface area contributed by atoms with Gasteiger partial charge in [0.2, 0.25) is 0 Å². The fourth-order valence-electron chi connectivity index (χ4n) is 2.04. The maximum absolute atomic E-state index is 6.11. The molecule has 0 aromatic heterocycles. The Morgan fingerprint density at radius 1 is 1.44 bits per heavy atom. The Kier molecular flexibility index (Phi) is 3.24. The molecule has 1 fully saturated rings. The van der Waals surface area contributed by atoms with Gasteiger partial charge in [0.25, 0.3) is 0 Å². The molecule has 2 rings (SSSR count). The minimum Gasteiger partial charge on any atom is -0.365 e. The smallest absolute Gasteiger partial charge is 0.0983 e. The van der Waals surface area contributed by atoms with E-state index in [-0.39, 0.29) is 11.7 Å². The van der Waals surface area contributed by atoms with Crippen LogP contribution in [-0.2, 0) is 4.74 Å². The Morgan fingerprint density at radius 3 is 2.88 bits per heavy atom. The first-order valence-electron chi connectivity index (χ1n) is 5.65. The molecule has 2 atom stereocenters. The number of rotatable bonds is 1. The van der Waals surface area contributed by atoms with Crippen LogP contribution in [0.3, 0.4) is 0 Å². The minimum absolute atomic E-state index is 0.0717. The Bertz CT molecular complexity index is 378. The third-order valence-electron chi connectivity index (χ3n) is 2.93. The molecule has 1 aliphatic rings. The Labute approximate surface area is 102 Å². The van der Waals surface area contributed by atoms with Gasteiger partial charge >= 0.3 is 0 Å². The molecule has 0 amide bonds. The number of ether oxygens (including phenoxy) is 1. The van der Waals surface area contributed by atoms with E-state index in [1.54, 1.807) is 0 Å². The van der Waals surface area contributed by atoms with Gasteiger partial charge in [-0.3, -0.25) is 0 Å². The van der Waals surface area contributed by atoms with Gasteiger partial charge in [0.15, 0.2) is 0 Å². The topological polar surface area (TPSA) is 21.3 Å². The van der Waals surface area contributed by atoms with E-state index >= 15 is 0 Å². The normalized spacial score (nSPS) is 29.0. The average molecular weight is 240 g/mol. The molecule has 1 N–H and O–H groups in total. The third kappa shape index (κ3) is 2.57. The van der Waals surface area contributed by atoms with Gasteiger partial charge in [0, 0.05) is 17.6 Å². The van der Waals surface area contributed by atoms with Crippen LogP contribution in [0.15, 0.2) is 24.3 Å². The number of morpholine rings is 1. The Balaban J connectivity index is 2.25. The van der Waals surface area contributed by atoms with Crippen LogP contribution in [0.5, 0.6) is 0 Å². The summed E-state index contributed by atoms with van der Waals surface area (Å²) in [5.41, 5.74) is 1.01. The van der Waals surface area contributed by atoms with Crippen LogP contribution < -0.4 is 5.32 Å². The highest BCUT2D eigenvalue weighted by Gasteiger charge is 2.33. The van der Waals surface area contributed by atoms with Gasteiger partial charge in [-0.1, -0.05) is 23.7 Å². The van der Waals surface area contributed by atoms with E-state index in [0.29, 0.717) is 6.04 Å². The molecule has 3 heteroatoms. The highest BCUT2D eigenvalue weighted by molar-refractivity contribution is 6.30. The fourth-order valence-corrected chi connectivity index (χ4v) is 2.24. The van der Waals surface area contributed by atoms with Gasteiger partial charge < -0.3 is 10.1 Å². The Morgan fingerprint density at radius 2 is 2.19 bits per heavy atom. The lowest BCUT2D eigenvalue weighted by Crippen LogP contribution is -2.51. The highest BCUT2D eigenvalue weighted by Crippen LogP contribution is 2.31. The Hall–Kier alpha value is -0.570. The monoisotopic (exact) mass is 239 g/mol. The van der Waals surface area contributed by atoms with Gasteiger partial charge in [-0.15, -0.1) is 0 Å². The summed E-state index contributed by atoms with van der Waals surface area (Å²) in [6, 6.07) is 8.21. The number of hydrogen-bond acceptors (Lipinski definition) is 2. The second-order valence-corrected chi connectivity index (χ2v) is 5.46. The molecule has 0 bridgehead atoms. The highest BCUT2D eigenvalue weighted by atomic mass is 35.5. The van der Waals surface area contributed by atoms with E-state index in [0.717, 1.165) is 17.1 Å². The van der Waals surface area contributed by atoms with Crippen LogP contribution in [0.2, 0.25) is 5.02 Å². The van der Waals surface area contributed by atoms with E-state index in [1.807, 2.05) is 18.2 Å². The molecule has 0 aliphatic carbocycles. The quantitative estimate of drug-likeness (QED) is 0.813. The lowest BCUT2D eigenvalue weighted by Gasteiger charge is -2.41. The predicted octanol–water partition coefficient (Wildman–Crippen LogP) is 3.17. The SMILES string of the molecule is CC1NCC(C)(C)OC1c1cccc(Cl)c1. The molecule has 88 valence electrons. The minimum atomic E-state index is -0.126. The summed E-state index contributed by atoms with van der Waals surface area (Å²) in [5.74, 6) is 0. The van der Waals surface area contributed by atoms with Crippen molar-refractivity contribution in [2.75, 3.05) is 6.54 Å². The largest absolute Gasteiger partial charge is 0.365 e. The molecule has 1 heterocycles. The summed E-state index contributed by atoms with van der Waals surface area (Å²) in [7, 11) is 0. The lowest BCUT2D eigenvalue weighted by molar-refractivity contribution is -0.114. The molecule has 0 saturated carbocycles. The molecule has 0 radical (unpaired) electrons. The second kappa shape index (κ2) is 4.36. The van der Waals surface area contributed by atoms with Gasteiger partial charge in [-0.05, 0) is 38.5 Å². The standard InChI is InChI=1S/C13H18ClNO/c1-9-12(16-13(2,3)8-15-9)10-5-4-6-11(14)7-10/h4-7,9,12,15H,8H2,1-3H3. The van der Waals surface area contributed by atoms with E-state index in [9.17, 15) is 0 Å². The number of hydrogen-bond donors (Lipinski definition) is 1. The number of nitrogens with one attached hydrogen (secondary N) is 1. The summed E-state index contributed by atoms with van der Waals surface area (Å²) in [6.45, 7) is 7.22. The molecule has 1 aromatic rings. The maximum atomic E-state index is 6.11. The van der Waals surface area contributed by atoms with E-state index in [2.05, 4.69) is 32.2 Å². The first kappa shape index (κ1) is 11.9. The first-order chi connectivity index (χ1) is 7.48. The first-order valence-corrected chi connectivity index (χ1v) is 6.02. The average Bonchev–Trinajstić information content (AvgIpc) is 2.22. The zero-order valence-electron chi connectivity index (χ0n) is 9.96. The zero-order chi connectivity index (χ0) is 11.8. The van der Waals surface area contributed by atoms with Gasteiger partial charge in [-0.2, -0.15) is 0 Å². The summed E-state index contributed by atoms with van der Waals surface area (Å²) in [6.07, 6.45) is 0.0717. The van der Waals surface area contributed by atoms with E-state index in [1.165, 1.54) is 0 Å². The lowest BCUT2D eigenvalue weighted by atomic mass is 9.97. The van der Waals surface area contributed by atoms with Crippen molar-refractivity contribution in [3.05, 3.63) is 34.9 Å². The van der Waals surface area contributed by atoms with Crippen LogP contribution in [0.4, 0.5) is 0 Å². The predicted molar refractivity (Wildman–Crippen MR) is 66.8 cm³/mol. The van der Waals surface area contributed by atoms with Crippen molar-refractivity contribution < 1.29 is 4.74 Å². The summed E-state index contributed by atoms with van der Waals surface area (Å²) in [5, 5.41) is 4.23. The fraction of sp³-hybridized carbons (Fsp3) is 0.538. The van der Waals surface area contributed by atoms with Crippen molar-refractivity contribution in [3.63, 3.8) is 0 Å². The van der Waals surface area contributed by atoms with E-state index in [4.69, 9.17) is 16.3 Å². The number of halogens is 1. The van der Waals surface area contributed by atoms with E-state index < -0.39 is 0 Å². The van der Waals surface area contributed by atoms with Crippen LogP contribution in [0.1, 0.15) is 32.4 Å². The van der Waals surface area contributed by atoms with Crippen molar-refractivity contribution >= 4 is 11.6 Å². The second-order valence-electron chi connectivity index (χ2n) is 5.02. The molecule has 16 heavy (non-hydrogen) atoms. The summed E-state index contributed by atoms with van der Waals surface area (Å²) >= 11 is 6.01. The van der Waals surface area contributed by atoms with Gasteiger partial charge in [-0.25, -0.2) is 0 Å². The molecule has 0 spiro atoms. The van der Waals surface area contributed by atoms with Gasteiger partial charge in [0.05, 0.1) is 11.7 Å². The van der Waals surface area contributed by atoms with Crippen molar-refractivity contribution in [2.24, 2.45) is 0 Å². The molecule has 1 saturated heterocycles. The third-order valence-corrected chi connectivity index (χ3v) is 3.16. The van der Waals surface area contributed by atoms with Crippen LogP contribution in [0, 0.1) is 0 Å². The molecule has 2 unspecified atom stereocenters. The molecule has 1 aliphatic heterocycles. The van der Waals surface area contributed by atoms with Crippen molar-refractivity contribution in [3.8, 4) is 0 Å². The zero-order valence-corrected chi connectivity index (χ0v) is 10.7. The maximum Gasteiger partial charge on any atom is 0.0983 e. The van der Waals surface area contributed by atoms with Gasteiger partial charge in [0.1, 0.15) is 0 Å². The summed E-state index contributed by atoms with van der Waals surface area (Å²) in [4.78, 5) is 0.